The summed E-state index contributed by atoms with van der Waals surface area (Å²) >= 11 is 0. The van der Waals surface area contributed by atoms with Gasteiger partial charge in [0, 0.05) is 30.5 Å². The summed E-state index contributed by atoms with van der Waals surface area (Å²) < 4.78 is 0. The van der Waals surface area contributed by atoms with Gasteiger partial charge in [-0.1, -0.05) is 6.07 Å². The van der Waals surface area contributed by atoms with Gasteiger partial charge in [0.1, 0.15) is 0 Å². The molecule has 0 aliphatic carbocycles. The third-order valence-corrected chi connectivity index (χ3v) is 3.19. The number of likely N-dealkylation sites (N-methyl/N-ethyl adjacent to an activating group) is 1. The largest absolute Gasteiger partial charge is 0.325 e. The number of aromatic nitrogens is 1. The van der Waals surface area contributed by atoms with Gasteiger partial charge in [-0.25, -0.2) is 0 Å². The number of pyridine rings is 1. The van der Waals surface area contributed by atoms with Crippen LogP contribution in [-0.4, -0.2) is 35.9 Å². The molecule has 0 saturated heterocycles. The average Bonchev–Trinajstić information content (AvgIpc) is 2.54. The highest BCUT2D eigenvalue weighted by Crippen LogP contribution is 2.08. The number of hydrogen-bond donors (Lipinski definition) is 1. The summed E-state index contributed by atoms with van der Waals surface area (Å²) in [6.07, 6.45) is 2.58. The van der Waals surface area contributed by atoms with E-state index in [4.69, 9.17) is 5.26 Å². The molecule has 1 aromatic heterocycles. The summed E-state index contributed by atoms with van der Waals surface area (Å²) in [7, 11) is 1.90. The van der Waals surface area contributed by atoms with Crippen LogP contribution in [0.1, 0.15) is 11.3 Å². The molecule has 0 unspecified atom stereocenters. The van der Waals surface area contributed by atoms with E-state index >= 15 is 0 Å². The lowest BCUT2D eigenvalue weighted by Crippen LogP contribution is -2.31. The minimum absolute atomic E-state index is 0.0757. The molecule has 1 N–H and O–H groups in total. The van der Waals surface area contributed by atoms with Crippen molar-refractivity contribution in [2.24, 2.45) is 0 Å². The molecule has 1 aromatic carbocycles. The summed E-state index contributed by atoms with van der Waals surface area (Å²) in [6, 6.07) is 14.7. The zero-order valence-electron chi connectivity index (χ0n) is 12.5. The van der Waals surface area contributed by atoms with Gasteiger partial charge in [0.25, 0.3) is 0 Å². The van der Waals surface area contributed by atoms with Crippen LogP contribution in [0.5, 0.6) is 0 Å². The first-order valence-electron chi connectivity index (χ1n) is 7.06. The molecule has 0 fully saturated rings. The Hall–Kier alpha value is -2.71. The van der Waals surface area contributed by atoms with E-state index in [2.05, 4.69) is 10.3 Å². The van der Waals surface area contributed by atoms with E-state index in [0.717, 1.165) is 18.7 Å². The van der Waals surface area contributed by atoms with Crippen LogP contribution < -0.4 is 5.32 Å². The highest BCUT2D eigenvalue weighted by molar-refractivity contribution is 5.92. The van der Waals surface area contributed by atoms with Crippen molar-refractivity contribution in [2.75, 3.05) is 25.5 Å². The second kappa shape index (κ2) is 7.91. The standard InChI is InChI=1S/C17H18N4O/c1-21(11-9-15-4-2-3-10-19-15)13-17(22)20-16-7-5-14(12-18)6-8-16/h2-8,10H,9,11,13H2,1H3,(H,20,22). The molecular weight excluding hydrogens is 276 g/mol. The van der Waals surface area contributed by atoms with Crippen molar-refractivity contribution in [3.8, 4) is 6.07 Å². The highest BCUT2D eigenvalue weighted by atomic mass is 16.2. The summed E-state index contributed by atoms with van der Waals surface area (Å²) in [5.74, 6) is -0.0757. The Morgan fingerprint density at radius 2 is 2.05 bits per heavy atom. The number of benzene rings is 1. The molecule has 0 spiro atoms. The van der Waals surface area contributed by atoms with Crippen LogP contribution in [0.25, 0.3) is 0 Å². The van der Waals surface area contributed by atoms with E-state index in [1.165, 1.54) is 0 Å². The zero-order valence-corrected chi connectivity index (χ0v) is 12.5. The minimum atomic E-state index is -0.0757. The minimum Gasteiger partial charge on any atom is -0.325 e. The van der Waals surface area contributed by atoms with E-state index in [1.54, 1.807) is 30.5 Å². The Morgan fingerprint density at radius 3 is 2.68 bits per heavy atom. The molecule has 0 aliphatic heterocycles. The number of nitrogens with one attached hydrogen (secondary N) is 1. The molecule has 22 heavy (non-hydrogen) atoms. The summed E-state index contributed by atoms with van der Waals surface area (Å²) in [5, 5.41) is 11.5. The van der Waals surface area contributed by atoms with Gasteiger partial charge in [-0.15, -0.1) is 0 Å². The third kappa shape index (κ3) is 5.00. The second-order valence-electron chi connectivity index (χ2n) is 5.05. The maximum absolute atomic E-state index is 12.0. The van der Waals surface area contributed by atoms with Crippen LogP contribution in [-0.2, 0) is 11.2 Å². The Kier molecular flexibility index (Phi) is 5.64. The number of amides is 1. The fraction of sp³-hybridized carbons (Fsp3) is 0.235. The van der Waals surface area contributed by atoms with Crippen molar-refractivity contribution in [1.82, 2.24) is 9.88 Å². The monoisotopic (exact) mass is 294 g/mol. The molecular formula is C17H18N4O. The Bertz CT molecular complexity index is 647. The van der Waals surface area contributed by atoms with E-state index in [-0.39, 0.29) is 5.91 Å². The van der Waals surface area contributed by atoms with E-state index in [1.807, 2.05) is 36.2 Å². The van der Waals surface area contributed by atoms with Gasteiger partial charge in [-0.05, 0) is 43.4 Å². The van der Waals surface area contributed by atoms with Gasteiger partial charge in [-0.3, -0.25) is 14.7 Å². The van der Waals surface area contributed by atoms with Gasteiger partial charge in [0.2, 0.25) is 5.91 Å². The quantitative estimate of drug-likeness (QED) is 0.885. The molecule has 2 rings (SSSR count). The van der Waals surface area contributed by atoms with Crippen LogP contribution >= 0.6 is 0 Å². The molecule has 2 aromatic rings. The molecule has 0 aliphatic rings. The van der Waals surface area contributed by atoms with Crippen molar-refractivity contribution in [3.05, 3.63) is 59.9 Å². The number of nitrogens with zero attached hydrogens (tertiary/aromatic N) is 3. The highest BCUT2D eigenvalue weighted by Gasteiger charge is 2.07. The first kappa shape index (κ1) is 15.7. The molecule has 112 valence electrons. The predicted octanol–water partition coefficient (Wildman–Crippen LogP) is 2.07. The number of nitriles is 1. The van der Waals surface area contributed by atoms with Gasteiger partial charge < -0.3 is 5.32 Å². The lowest BCUT2D eigenvalue weighted by atomic mass is 10.2. The molecule has 5 nitrogen and oxygen atoms in total. The smallest absolute Gasteiger partial charge is 0.238 e. The molecule has 0 radical (unpaired) electrons. The topological polar surface area (TPSA) is 69.0 Å². The molecule has 0 atom stereocenters. The lowest BCUT2D eigenvalue weighted by molar-refractivity contribution is -0.117. The molecule has 0 saturated carbocycles. The number of rotatable bonds is 6. The predicted molar refractivity (Wildman–Crippen MR) is 85.2 cm³/mol. The van der Waals surface area contributed by atoms with Crippen molar-refractivity contribution in [1.29, 1.82) is 5.26 Å². The van der Waals surface area contributed by atoms with Crippen LogP contribution in [0.3, 0.4) is 0 Å². The number of carbonyl (C=O) groups is 1. The fourth-order valence-electron chi connectivity index (χ4n) is 2.00. The third-order valence-electron chi connectivity index (χ3n) is 3.19. The summed E-state index contributed by atoms with van der Waals surface area (Å²) in [5.41, 5.74) is 2.29. The SMILES string of the molecule is CN(CCc1ccccn1)CC(=O)Nc1ccc(C#N)cc1. The van der Waals surface area contributed by atoms with Gasteiger partial charge in [-0.2, -0.15) is 5.26 Å². The van der Waals surface area contributed by atoms with Crippen molar-refractivity contribution >= 4 is 11.6 Å². The van der Waals surface area contributed by atoms with Crippen LogP contribution in [0.2, 0.25) is 0 Å². The fourth-order valence-corrected chi connectivity index (χ4v) is 2.00. The van der Waals surface area contributed by atoms with Crippen molar-refractivity contribution in [3.63, 3.8) is 0 Å². The molecule has 0 bridgehead atoms. The van der Waals surface area contributed by atoms with Gasteiger partial charge in [0.15, 0.2) is 0 Å². The number of carbonyl (C=O) groups excluding carboxylic acids is 1. The summed E-state index contributed by atoms with van der Waals surface area (Å²) in [6.45, 7) is 1.07. The Balaban J connectivity index is 1.77. The molecule has 5 heteroatoms. The molecule has 1 heterocycles. The van der Waals surface area contributed by atoms with Gasteiger partial charge in [0.05, 0.1) is 18.2 Å². The lowest BCUT2D eigenvalue weighted by Gasteiger charge is -2.16. The first-order valence-corrected chi connectivity index (χ1v) is 7.06. The average molecular weight is 294 g/mol. The number of hydrogen-bond acceptors (Lipinski definition) is 4. The van der Waals surface area contributed by atoms with Gasteiger partial charge >= 0.3 is 0 Å². The second-order valence-corrected chi connectivity index (χ2v) is 5.05. The van der Waals surface area contributed by atoms with Crippen LogP contribution in [0.15, 0.2) is 48.7 Å². The zero-order chi connectivity index (χ0) is 15.8. The molecule has 1 amide bonds. The van der Waals surface area contributed by atoms with E-state index in [0.29, 0.717) is 17.8 Å². The first-order chi connectivity index (χ1) is 10.7. The Morgan fingerprint density at radius 1 is 1.27 bits per heavy atom. The van der Waals surface area contributed by atoms with E-state index < -0.39 is 0 Å². The number of anilines is 1. The maximum Gasteiger partial charge on any atom is 0.238 e. The van der Waals surface area contributed by atoms with Crippen LogP contribution in [0.4, 0.5) is 5.69 Å². The van der Waals surface area contributed by atoms with Crippen LogP contribution in [0, 0.1) is 11.3 Å². The normalized spacial score (nSPS) is 10.2. The van der Waals surface area contributed by atoms with E-state index in [9.17, 15) is 4.79 Å². The van der Waals surface area contributed by atoms with Crippen molar-refractivity contribution in [2.45, 2.75) is 6.42 Å². The van der Waals surface area contributed by atoms with Crippen molar-refractivity contribution < 1.29 is 4.79 Å². The maximum atomic E-state index is 12.0. The Labute approximate surface area is 130 Å². The summed E-state index contributed by atoms with van der Waals surface area (Å²) in [4.78, 5) is 18.2.